The molecular weight excluding hydrogens is 317 g/mol. The molecule has 0 radical (unpaired) electrons. The fourth-order valence-corrected chi connectivity index (χ4v) is 3.01. The summed E-state index contributed by atoms with van der Waals surface area (Å²) in [5, 5.41) is 10.7. The molecule has 0 bridgehead atoms. The molecule has 8 heteroatoms. The van der Waals surface area contributed by atoms with Crippen molar-refractivity contribution in [1.82, 2.24) is 4.90 Å². The summed E-state index contributed by atoms with van der Waals surface area (Å²) in [4.78, 5) is 25.4. The average molecular weight is 330 g/mol. The van der Waals surface area contributed by atoms with Crippen molar-refractivity contribution in [2.24, 2.45) is 5.92 Å². The van der Waals surface area contributed by atoms with Crippen molar-refractivity contribution in [3.63, 3.8) is 0 Å². The van der Waals surface area contributed by atoms with E-state index >= 15 is 0 Å². The minimum absolute atomic E-state index is 0.239. The average Bonchev–Trinajstić information content (AvgIpc) is 3.17. The number of alkyl halides is 3. The number of rotatable bonds is 5. The third-order valence-corrected chi connectivity index (χ3v) is 4.38. The molecule has 0 saturated heterocycles. The number of carbonyl (C=O) groups excluding carboxylic acids is 2. The lowest BCUT2D eigenvalue weighted by atomic mass is 10.0. The summed E-state index contributed by atoms with van der Waals surface area (Å²) in [7, 11) is 0. The van der Waals surface area contributed by atoms with Gasteiger partial charge in [0.1, 0.15) is 6.54 Å². The van der Waals surface area contributed by atoms with Crippen LogP contribution in [0.2, 0.25) is 0 Å². The van der Waals surface area contributed by atoms with Gasteiger partial charge < -0.3 is 4.90 Å². The summed E-state index contributed by atoms with van der Waals surface area (Å²) in [6, 6.07) is 2.70. The van der Waals surface area contributed by atoms with Crippen LogP contribution in [0.4, 0.5) is 13.2 Å². The number of nitrogens with zero attached hydrogens (tertiary/aromatic N) is 2. The number of thiophene rings is 1. The van der Waals surface area contributed by atoms with Crippen LogP contribution in [0.15, 0.2) is 11.4 Å². The van der Waals surface area contributed by atoms with Gasteiger partial charge in [-0.25, -0.2) is 0 Å². The second kappa shape index (κ2) is 6.08. The number of nitriles is 1. The molecule has 4 nitrogen and oxygen atoms in total. The predicted molar refractivity (Wildman–Crippen MR) is 73.3 cm³/mol. The molecule has 1 aliphatic carbocycles. The van der Waals surface area contributed by atoms with Crippen molar-refractivity contribution in [3.05, 3.63) is 21.9 Å². The molecule has 0 aromatic carbocycles. The highest BCUT2D eigenvalue weighted by atomic mass is 32.1. The molecule has 1 aliphatic rings. The lowest BCUT2D eigenvalue weighted by molar-refractivity contribution is -0.163. The first-order valence-corrected chi connectivity index (χ1v) is 7.47. The molecule has 0 unspecified atom stereocenters. The van der Waals surface area contributed by atoms with Gasteiger partial charge in [-0.05, 0) is 36.8 Å². The summed E-state index contributed by atoms with van der Waals surface area (Å²) in [6.45, 7) is 0.225. The Labute approximate surface area is 129 Å². The van der Waals surface area contributed by atoms with E-state index in [9.17, 15) is 22.8 Å². The highest BCUT2D eigenvalue weighted by molar-refractivity contribution is 7.12. The molecule has 0 spiro atoms. The number of hydrogen-bond acceptors (Lipinski definition) is 4. The highest BCUT2D eigenvalue weighted by Crippen LogP contribution is 2.32. The van der Waals surface area contributed by atoms with Crippen LogP contribution in [-0.2, 0) is 4.79 Å². The lowest BCUT2D eigenvalue weighted by Crippen LogP contribution is -2.45. The molecule has 1 aromatic rings. The second-order valence-corrected chi connectivity index (χ2v) is 6.09. The van der Waals surface area contributed by atoms with Gasteiger partial charge in [-0.3, -0.25) is 9.59 Å². The molecule has 118 valence electrons. The van der Waals surface area contributed by atoms with Gasteiger partial charge in [-0.1, -0.05) is 0 Å². The number of hydrogen-bond donors (Lipinski definition) is 0. The summed E-state index contributed by atoms with van der Waals surface area (Å²) in [5.41, 5.74) is 0.608. The molecule has 1 aromatic heterocycles. The fourth-order valence-electron chi connectivity index (χ4n) is 2.11. The Kier molecular flexibility index (Phi) is 4.56. The fraction of sp³-hybridized carbons (Fsp3) is 0.500. The number of amides is 1. The minimum atomic E-state index is -4.56. The Balaban J connectivity index is 2.22. The topological polar surface area (TPSA) is 61.2 Å². The number of ketones is 1. The zero-order valence-electron chi connectivity index (χ0n) is 11.7. The molecule has 1 saturated carbocycles. The summed E-state index contributed by atoms with van der Waals surface area (Å²) < 4.78 is 37.8. The van der Waals surface area contributed by atoms with Crippen molar-refractivity contribution < 1.29 is 22.8 Å². The molecule has 1 fully saturated rings. The van der Waals surface area contributed by atoms with Crippen LogP contribution < -0.4 is 0 Å². The maximum atomic E-state index is 12.6. The Hall–Kier alpha value is -1.88. The van der Waals surface area contributed by atoms with Gasteiger partial charge in [-0.2, -0.15) is 18.4 Å². The van der Waals surface area contributed by atoms with Crippen LogP contribution in [0, 0.1) is 24.2 Å². The smallest absolute Gasteiger partial charge is 0.329 e. The second-order valence-electron chi connectivity index (χ2n) is 5.17. The van der Waals surface area contributed by atoms with Gasteiger partial charge in [0, 0.05) is 6.04 Å². The maximum absolute atomic E-state index is 12.6. The SMILES string of the molecule is Cc1ccsc1C(=O)[C@H](C#N)C(=O)N(CC(F)(F)F)C1CC1. The van der Waals surface area contributed by atoms with E-state index in [1.54, 1.807) is 24.4 Å². The Morgan fingerprint density at radius 3 is 2.55 bits per heavy atom. The highest BCUT2D eigenvalue weighted by Gasteiger charge is 2.44. The molecule has 0 N–H and O–H groups in total. The maximum Gasteiger partial charge on any atom is 0.406 e. The van der Waals surface area contributed by atoms with Crippen molar-refractivity contribution in [2.75, 3.05) is 6.54 Å². The van der Waals surface area contributed by atoms with E-state index in [0.717, 1.165) is 11.3 Å². The zero-order chi connectivity index (χ0) is 16.5. The molecule has 22 heavy (non-hydrogen) atoms. The molecular formula is C14H13F3N2O2S. The number of carbonyl (C=O) groups is 2. The Bertz CT molecular complexity index is 629. The Morgan fingerprint density at radius 2 is 2.14 bits per heavy atom. The van der Waals surface area contributed by atoms with Crippen molar-refractivity contribution >= 4 is 23.0 Å². The van der Waals surface area contributed by atoms with Crippen LogP contribution in [0.1, 0.15) is 28.1 Å². The number of Topliss-reactive ketones (excluding diaryl/α,β-unsaturated/α-hetero) is 1. The van der Waals surface area contributed by atoms with Crippen LogP contribution in [0.3, 0.4) is 0 Å². The van der Waals surface area contributed by atoms with E-state index < -0.39 is 36.4 Å². The third kappa shape index (κ3) is 3.65. The van der Waals surface area contributed by atoms with E-state index in [4.69, 9.17) is 5.26 Å². The van der Waals surface area contributed by atoms with E-state index in [1.165, 1.54) is 0 Å². The van der Waals surface area contributed by atoms with Crippen molar-refractivity contribution in [3.8, 4) is 6.07 Å². The molecule has 2 rings (SSSR count). The van der Waals surface area contributed by atoms with Crippen LogP contribution in [0.5, 0.6) is 0 Å². The van der Waals surface area contributed by atoms with Gasteiger partial charge in [0.05, 0.1) is 10.9 Å². The van der Waals surface area contributed by atoms with E-state index in [0.29, 0.717) is 23.3 Å². The lowest BCUT2D eigenvalue weighted by Gasteiger charge is -2.25. The van der Waals surface area contributed by atoms with E-state index in [1.807, 2.05) is 0 Å². The minimum Gasteiger partial charge on any atom is -0.329 e. The number of aryl methyl sites for hydroxylation is 1. The molecule has 1 amide bonds. The summed E-state index contributed by atoms with van der Waals surface area (Å²) in [6.07, 6.45) is -3.63. The monoisotopic (exact) mass is 330 g/mol. The first-order chi connectivity index (χ1) is 10.2. The molecule has 1 heterocycles. The van der Waals surface area contributed by atoms with Crippen molar-refractivity contribution in [2.45, 2.75) is 32.0 Å². The quantitative estimate of drug-likeness (QED) is 0.616. The predicted octanol–water partition coefficient (Wildman–Crippen LogP) is 2.93. The number of halogens is 3. The van der Waals surface area contributed by atoms with E-state index in [-0.39, 0.29) is 4.88 Å². The van der Waals surface area contributed by atoms with E-state index in [2.05, 4.69) is 0 Å². The molecule has 1 atom stereocenters. The first-order valence-electron chi connectivity index (χ1n) is 6.59. The third-order valence-electron chi connectivity index (χ3n) is 3.34. The van der Waals surface area contributed by atoms with Gasteiger partial charge in [-0.15, -0.1) is 11.3 Å². The zero-order valence-corrected chi connectivity index (χ0v) is 12.5. The largest absolute Gasteiger partial charge is 0.406 e. The van der Waals surface area contributed by atoms with Crippen LogP contribution in [0.25, 0.3) is 0 Å². The van der Waals surface area contributed by atoms with Gasteiger partial charge >= 0.3 is 6.18 Å². The normalized spacial score (nSPS) is 16.0. The standard InChI is InChI=1S/C14H13F3N2O2S/c1-8-4-5-22-12(8)11(20)10(6-18)13(21)19(9-2-3-9)7-14(15,16)17/h4-5,9-10H,2-3,7H2,1H3/t10-/m0/s1. The van der Waals surface area contributed by atoms with Gasteiger partial charge in [0.2, 0.25) is 5.91 Å². The summed E-state index contributed by atoms with van der Waals surface area (Å²) in [5.74, 6) is -3.51. The van der Waals surface area contributed by atoms with Crippen LogP contribution >= 0.6 is 11.3 Å². The first kappa shape index (κ1) is 16.5. The van der Waals surface area contributed by atoms with Gasteiger partial charge in [0.25, 0.3) is 0 Å². The molecule has 0 aliphatic heterocycles. The van der Waals surface area contributed by atoms with Gasteiger partial charge in [0.15, 0.2) is 11.7 Å². The Morgan fingerprint density at radius 1 is 1.50 bits per heavy atom. The van der Waals surface area contributed by atoms with Crippen LogP contribution in [-0.4, -0.2) is 35.4 Å². The summed E-state index contributed by atoms with van der Waals surface area (Å²) >= 11 is 1.07. The van der Waals surface area contributed by atoms with Crippen molar-refractivity contribution in [1.29, 1.82) is 5.26 Å².